The van der Waals surface area contributed by atoms with Gasteiger partial charge in [0, 0.05) is 12.8 Å². The van der Waals surface area contributed by atoms with E-state index in [9.17, 15) is 45.3 Å². The zero-order chi connectivity index (χ0) is 46.8. The van der Waals surface area contributed by atoms with Gasteiger partial charge in [0.25, 0.3) is 0 Å². The van der Waals surface area contributed by atoms with Gasteiger partial charge in [-0.15, -0.1) is 0 Å². The summed E-state index contributed by atoms with van der Waals surface area (Å²) in [4.78, 5) is 25.7. The number of allylic oxidation sites excluding steroid dienone is 6. The SMILES string of the molecule is CCCCC/C=C/C/C=C/CCCCCCCC(=O)OC[C@H](CO[C@@H]1O[C@H](CO[C@H]2O[C@H](CO)[C@H](O)[C@H](O)[C@H]2O)[C@H](O)[C@H](O)[C@H]1O)OC(=O)CCCCCCC/C=C/CCCCCC. The van der Waals surface area contributed by atoms with Gasteiger partial charge in [0.1, 0.15) is 55.4 Å². The molecule has 0 aromatic heterocycles. The van der Waals surface area contributed by atoms with E-state index in [4.69, 9.17) is 28.4 Å². The molecule has 2 rings (SSSR count). The van der Waals surface area contributed by atoms with Crippen molar-refractivity contribution in [3.63, 3.8) is 0 Å². The predicted octanol–water partition coefficient (Wildman–Crippen LogP) is 6.15. The third-order valence-corrected chi connectivity index (χ3v) is 11.6. The number of esters is 2. The Kier molecular flexibility index (Phi) is 33.3. The van der Waals surface area contributed by atoms with Gasteiger partial charge in [-0.2, -0.15) is 0 Å². The fourth-order valence-electron chi connectivity index (χ4n) is 7.48. The lowest BCUT2D eigenvalue weighted by Gasteiger charge is -2.42. The highest BCUT2D eigenvalue weighted by Crippen LogP contribution is 2.26. The molecule has 2 saturated heterocycles. The highest BCUT2D eigenvalue weighted by Gasteiger charge is 2.47. The molecule has 64 heavy (non-hydrogen) atoms. The number of aliphatic hydroxyl groups is 7. The highest BCUT2D eigenvalue weighted by atomic mass is 16.7. The summed E-state index contributed by atoms with van der Waals surface area (Å²) >= 11 is 0. The Bertz CT molecular complexity index is 1260. The van der Waals surface area contributed by atoms with Crippen LogP contribution < -0.4 is 0 Å². The molecule has 0 saturated carbocycles. The van der Waals surface area contributed by atoms with Gasteiger partial charge < -0.3 is 64.2 Å². The number of hydrogen-bond acceptors (Lipinski definition) is 15. The normalized spacial score (nSPS) is 26.9. The largest absolute Gasteiger partial charge is 0.462 e. The minimum Gasteiger partial charge on any atom is -0.462 e. The van der Waals surface area contributed by atoms with Crippen molar-refractivity contribution in [3.8, 4) is 0 Å². The molecule has 0 aromatic rings. The Labute approximate surface area is 383 Å². The summed E-state index contributed by atoms with van der Waals surface area (Å²) < 4.78 is 33.5. The minimum absolute atomic E-state index is 0.152. The fourth-order valence-corrected chi connectivity index (χ4v) is 7.48. The zero-order valence-electron chi connectivity index (χ0n) is 39.0. The summed E-state index contributed by atoms with van der Waals surface area (Å²) in [5, 5.41) is 72.0. The highest BCUT2D eigenvalue weighted by molar-refractivity contribution is 5.70. The predicted molar refractivity (Wildman–Crippen MR) is 243 cm³/mol. The number of ether oxygens (including phenoxy) is 6. The van der Waals surface area contributed by atoms with Gasteiger partial charge in [0.2, 0.25) is 0 Å². The van der Waals surface area contributed by atoms with E-state index in [0.717, 1.165) is 83.5 Å². The second-order valence-corrected chi connectivity index (χ2v) is 17.3. The van der Waals surface area contributed by atoms with Gasteiger partial charge >= 0.3 is 11.9 Å². The monoisotopic (exact) mass is 915 g/mol. The number of rotatable bonds is 37. The van der Waals surface area contributed by atoms with Gasteiger partial charge in [-0.25, -0.2) is 0 Å². The number of carbonyl (C=O) groups is 2. The van der Waals surface area contributed by atoms with Gasteiger partial charge in [-0.3, -0.25) is 9.59 Å². The van der Waals surface area contributed by atoms with Crippen molar-refractivity contribution in [1.29, 1.82) is 0 Å². The van der Waals surface area contributed by atoms with Crippen LogP contribution in [0, 0.1) is 0 Å². The lowest BCUT2D eigenvalue weighted by Crippen LogP contribution is -2.61. The van der Waals surface area contributed by atoms with Crippen molar-refractivity contribution in [2.24, 2.45) is 0 Å². The maximum absolute atomic E-state index is 13.0. The number of unbranched alkanes of at least 4 members (excludes halogenated alkanes) is 17. The molecule has 0 unspecified atom stereocenters. The van der Waals surface area contributed by atoms with Crippen molar-refractivity contribution in [2.75, 3.05) is 26.4 Å². The van der Waals surface area contributed by atoms with Crippen LogP contribution in [0.3, 0.4) is 0 Å². The minimum atomic E-state index is -1.77. The average molecular weight is 915 g/mol. The van der Waals surface area contributed by atoms with Crippen LogP contribution in [0.2, 0.25) is 0 Å². The first-order chi connectivity index (χ1) is 31.0. The van der Waals surface area contributed by atoms with Crippen molar-refractivity contribution < 1.29 is 73.8 Å². The molecule has 7 N–H and O–H groups in total. The Morgan fingerprint density at radius 1 is 0.500 bits per heavy atom. The molecule has 15 heteroatoms. The number of carbonyl (C=O) groups excluding carboxylic acids is 2. The molecular weight excluding hydrogens is 829 g/mol. The summed E-state index contributed by atoms with van der Waals surface area (Å²) in [5.74, 6) is -0.952. The molecule has 2 fully saturated rings. The Balaban J connectivity index is 1.84. The van der Waals surface area contributed by atoms with E-state index in [1.807, 2.05) is 0 Å². The van der Waals surface area contributed by atoms with E-state index in [2.05, 4.69) is 50.3 Å². The average Bonchev–Trinajstić information content (AvgIpc) is 3.29. The van der Waals surface area contributed by atoms with Crippen molar-refractivity contribution in [1.82, 2.24) is 0 Å². The smallest absolute Gasteiger partial charge is 0.306 e. The summed E-state index contributed by atoms with van der Waals surface area (Å²) in [7, 11) is 0. The standard InChI is InChI=1S/C49H86O15/c1-3-5-7-9-11-13-15-17-18-20-21-23-25-27-29-31-40(51)59-34-37(62-41(52)32-30-28-26-24-22-19-16-14-12-10-8-6-4-2)35-60-48-47(58)45(56)43(54)39(64-48)36-61-49-46(57)44(55)42(53)38(33-50)63-49/h11,13-14,16-18,37-39,42-50,53-58H,3-10,12,15,19-36H2,1-2H3/b13-11+,16-14+,18-17+/t37-,38-,39-,42+,43+,44+,45+,46-,47-,48-,49+/m1/s1. The maximum Gasteiger partial charge on any atom is 0.306 e. The third kappa shape index (κ3) is 25.0. The summed E-state index contributed by atoms with van der Waals surface area (Å²) in [6, 6.07) is 0. The first-order valence-corrected chi connectivity index (χ1v) is 24.6. The second-order valence-electron chi connectivity index (χ2n) is 17.3. The van der Waals surface area contributed by atoms with Gasteiger partial charge in [0.05, 0.1) is 19.8 Å². The molecule has 11 atom stereocenters. The van der Waals surface area contributed by atoms with E-state index >= 15 is 0 Å². The quantitative estimate of drug-likeness (QED) is 0.0211. The van der Waals surface area contributed by atoms with Crippen LogP contribution in [-0.4, -0.2) is 142 Å². The first-order valence-electron chi connectivity index (χ1n) is 24.6. The van der Waals surface area contributed by atoms with Crippen molar-refractivity contribution >= 4 is 11.9 Å². The second kappa shape index (κ2) is 36.8. The lowest BCUT2D eigenvalue weighted by atomic mass is 9.98. The van der Waals surface area contributed by atoms with E-state index in [1.165, 1.54) is 44.9 Å². The molecule has 2 aliphatic rings. The Morgan fingerprint density at radius 2 is 0.938 bits per heavy atom. The number of hydrogen-bond donors (Lipinski definition) is 7. The molecule has 2 aliphatic heterocycles. The molecule has 0 radical (unpaired) electrons. The van der Waals surface area contributed by atoms with Crippen LogP contribution in [0.1, 0.15) is 168 Å². The molecule has 372 valence electrons. The van der Waals surface area contributed by atoms with Crippen LogP contribution in [0.15, 0.2) is 36.5 Å². The van der Waals surface area contributed by atoms with Gasteiger partial charge in [-0.05, 0) is 70.6 Å². The molecule has 0 aromatic carbocycles. The molecule has 2 heterocycles. The molecule has 15 nitrogen and oxygen atoms in total. The van der Waals surface area contributed by atoms with Gasteiger partial charge in [-0.1, -0.05) is 121 Å². The molecule has 0 spiro atoms. The van der Waals surface area contributed by atoms with Gasteiger partial charge in [0.15, 0.2) is 18.7 Å². The third-order valence-electron chi connectivity index (χ3n) is 11.6. The number of aliphatic hydroxyl groups excluding tert-OH is 7. The van der Waals surface area contributed by atoms with E-state index in [0.29, 0.717) is 12.8 Å². The summed E-state index contributed by atoms with van der Waals surface area (Å²) in [5.41, 5.74) is 0. The summed E-state index contributed by atoms with van der Waals surface area (Å²) in [6.07, 6.45) is 20.3. The summed E-state index contributed by atoms with van der Waals surface area (Å²) in [6.45, 7) is 2.51. The van der Waals surface area contributed by atoms with E-state index in [1.54, 1.807) is 0 Å². The lowest BCUT2D eigenvalue weighted by molar-refractivity contribution is -0.332. The molecular formula is C49H86O15. The van der Waals surface area contributed by atoms with Crippen LogP contribution in [0.5, 0.6) is 0 Å². The van der Waals surface area contributed by atoms with Crippen LogP contribution >= 0.6 is 0 Å². The zero-order valence-corrected chi connectivity index (χ0v) is 39.0. The molecule has 0 aliphatic carbocycles. The molecule has 0 amide bonds. The Morgan fingerprint density at radius 3 is 1.50 bits per heavy atom. The van der Waals surface area contributed by atoms with E-state index < -0.39 is 92.7 Å². The topological polar surface area (TPSA) is 231 Å². The Hall–Kier alpha value is -2.28. The van der Waals surface area contributed by atoms with Crippen LogP contribution in [0.25, 0.3) is 0 Å². The van der Waals surface area contributed by atoms with Crippen LogP contribution in [-0.2, 0) is 38.0 Å². The van der Waals surface area contributed by atoms with Crippen molar-refractivity contribution in [3.05, 3.63) is 36.5 Å². The maximum atomic E-state index is 13.0. The molecule has 0 bridgehead atoms. The van der Waals surface area contributed by atoms with Crippen LogP contribution in [0.4, 0.5) is 0 Å². The fraction of sp³-hybridized carbons (Fsp3) is 0.837. The first kappa shape index (κ1) is 57.8. The van der Waals surface area contributed by atoms with Crippen molar-refractivity contribution in [2.45, 2.75) is 235 Å². The van der Waals surface area contributed by atoms with E-state index in [-0.39, 0.29) is 26.1 Å².